The van der Waals surface area contributed by atoms with Gasteiger partial charge in [-0.25, -0.2) is 4.98 Å². The van der Waals surface area contributed by atoms with E-state index in [4.69, 9.17) is 0 Å². The molecular weight excluding hydrogens is 172 g/mol. The molecule has 0 saturated carbocycles. The van der Waals surface area contributed by atoms with Crippen LogP contribution in [0.1, 0.15) is 26.2 Å². The first-order chi connectivity index (χ1) is 6.92. The van der Waals surface area contributed by atoms with E-state index in [0.717, 1.165) is 12.1 Å². The minimum Gasteiger partial charge on any atom is -0.331 e. The smallest absolute Gasteiger partial charge is 0.0958 e. The maximum atomic E-state index is 4.36. The molecule has 0 aliphatic carbocycles. The molecule has 0 aliphatic rings. The van der Waals surface area contributed by atoms with Crippen molar-refractivity contribution in [3.63, 3.8) is 0 Å². The summed E-state index contributed by atoms with van der Waals surface area (Å²) in [6.45, 7) is 3.32. The van der Waals surface area contributed by atoms with Crippen molar-refractivity contribution in [3.05, 3.63) is 30.6 Å². The lowest BCUT2D eigenvalue weighted by Gasteiger charge is -2.02. The summed E-state index contributed by atoms with van der Waals surface area (Å²) in [7, 11) is 0. The summed E-state index contributed by atoms with van der Waals surface area (Å²) in [6.07, 6.45) is 5.76. The third kappa shape index (κ3) is 1.79. The van der Waals surface area contributed by atoms with Crippen molar-refractivity contribution in [2.24, 2.45) is 0 Å². The molecule has 0 unspecified atom stereocenters. The average molecular weight is 188 g/mol. The molecule has 0 amide bonds. The van der Waals surface area contributed by atoms with Gasteiger partial charge in [-0.05, 0) is 18.6 Å². The standard InChI is InChI=1S/C12H16N2/c1-2-3-6-9-14-10-13-11-7-4-5-8-12(11)14/h4-5,7-8,10H,2-3,6,9H2,1H3. The van der Waals surface area contributed by atoms with Gasteiger partial charge in [-0.15, -0.1) is 0 Å². The highest BCUT2D eigenvalue weighted by Crippen LogP contribution is 2.12. The lowest BCUT2D eigenvalue weighted by molar-refractivity contribution is 0.613. The molecular formula is C12H16N2. The number of imidazole rings is 1. The van der Waals surface area contributed by atoms with Crippen LogP contribution in [0, 0.1) is 0 Å². The Bertz CT molecular complexity index is 403. The van der Waals surface area contributed by atoms with E-state index < -0.39 is 0 Å². The maximum absolute atomic E-state index is 4.36. The zero-order chi connectivity index (χ0) is 9.80. The second-order valence-electron chi connectivity index (χ2n) is 3.63. The SMILES string of the molecule is CCCCCn1cnc2ccccc21. The van der Waals surface area contributed by atoms with E-state index in [1.165, 1.54) is 24.8 Å². The van der Waals surface area contributed by atoms with Crippen molar-refractivity contribution in [1.29, 1.82) is 0 Å². The largest absolute Gasteiger partial charge is 0.331 e. The predicted octanol–water partition coefficient (Wildman–Crippen LogP) is 3.23. The number of benzene rings is 1. The second-order valence-corrected chi connectivity index (χ2v) is 3.63. The van der Waals surface area contributed by atoms with Gasteiger partial charge in [0.15, 0.2) is 0 Å². The summed E-state index contributed by atoms with van der Waals surface area (Å²) in [5.41, 5.74) is 2.35. The van der Waals surface area contributed by atoms with Crippen molar-refractivity contribution in [2.45, 2.75) is 32.7 Å². The monoisotopic (exact) mass is 188 g/mol. The summed E-state index contributed by atoms with van der Waals surface area (Å²) in [5.74, 6) is 0. The van der Waals surface area contributed by atoms with Gasteiger partial charge >= 0.3 is 0 Å². The molecule has 0 atom stereocenters. The number of aryl methyl sites for hydroxylation is 1. The van der Waals surface area contributed by atoms with Gasteiger partial charge < -0.3 is 4.57 Å². The number of unbranched alkanes of at least 4 members (excludes halogenated alkanes) is 2. The van der Waals surface area contributed by atoms with Crippen LogP contribution in [0.4, 0.5) is 0 Å². The van der Waals surface area contributed by atoms with E-state index in [1.807, 2.05) is 12.4 Å². The molecule has 2 rings (SSSR count). The molecule has 74 valence electrons. The Morgan fingerprint density at radius 3 is 2.93 bits per heavy atom. The minimum atomic E-state index is 1.09. The van der Waals surface area contributed by atoms with E-state index in [0.29, 0.717) is 0 Å². The molecule has 1 aromatic heterocycles. The topological polar surface area (TPSA) is 17.8 Å². The van der Waals surface area contributed by atoms with Crippen LogP contribution in [-0.2, 0) is 6.54 Å². The van der Waals surface area contributed by atoms with Gasteiger partial charge in [0.25, 0.3) is 0 Å². The van der Waals surface area contributed by atoms with Gasteiger partial charge in [0.2, 0.25) is 0 Å². The Kier molecular flexibility index (Phi) is 2.82. The van der Waals surface area contributed by atoms with Crippen LogP contribution in [0.25, 0.3) is 11.0 Å². The van der Waals surface area contributed by atoms with Crippen LogP contribution in [0.5, 0.6) is 0 Å². The highest BCUT2D eigenvalue weighted by molar-refractivity contribution is 5.74. The number of rotatable bonds is 4. The minimum absolute atomic E-state index is 1.09. The fourth-order valence-corrected chi connectivity index (χ4v) is 1.72. The predicted molar refractivity (Wildman–Crippen MR) is 59.3 cm³/mol. The maximum Gasteiger partial charge on any atom is 0.0958 e. The fraction of sp³-hybridized carbons (Fsp3) is 0.417. The second kappa shape index (κ2) is 4.27. The Morgan fingerprint density at radius 2 is 2.07 bits per heavy atom. The number of hydrogen-bond acceptors (Lipinski definition) is 1. The highest BCUT2D eigenvalue weighted by Gasteiger charge is 1.99. The molecule has 0 spiro atoms. The summed E-state index contributed by atoms with van der Waals surface area (Å²) in [5, 5.41) is 0. The van der Waals surface area contributed by atoms with Crippen molar-refractivity contribution in [3.8, 4) is 0 Å². The molecule has 0 aliphatic heterocycles. The van der Waals surface area contributed by atoms with E-state index >= 15 is 0 Å². The molecule has 2 heteroatoms. The Morgan fingerprint density at radius 1 is 1.21 bits per heavy atom. The summed E-state index contributed by atoms with van der Waals surface area (Å²) < 4.78 is 2.24. The molecule has 14 heavy (non-hydrogen) atoms. The normalized spacial score (nSPS) is 10.9. The van der Waals surface area contributed by atoms with Crippen molar-refractivity contribution in [1.82, 2.24) is 9.55 Å². The number of nitrogens with zero attached hydrogens (tertiary/aromatic N) is 2. The van der Waals surface area contributed by atoms with Crippen LogP contribution in [0.15, 0.2) is 30.6 Å². The first kappa shape index (κ1) is 9.25. The molecule has 2 nitrogen and oxygen atoms in total. The average Bonchev–Trinajstić information content (AvgIpc) is 2.63. The molecule has 2 aromatic rings. The van der Waals surface area contributed by atoms with Crippen molar-refractivity contribution >= 4 is 11.0 Å². The quantitative estimate of drug-likeness (QED) is 0.673. The third-order valence-corrected chi connectivity index (χ3v) is 2.53. The molecule has 0 fully saturated rings. The van der Waals surface area contributed by atoms with Gasteiger partial charge in [-0.2, -0.15) is 0 Å². The van der Waals surface area contributed by atoms with Gasteiger partial charge in [0, 0.05) is 6.54 Å². The Labute approximate surface area is 84.6 Å². The van der Waals surface area contributed by atoms with Crippen LogP contribution in [0.3, 0.4) is 0 Å². The third-order valence-electron chi connectivity index (χ3n) is 2.53. The molecule has 0 N–H and O–H groups in total. The summed E-state index contributed by atoms with van der Waals surface area (Å²) in [4.78, 5) is 4.36. The van der Waals surface area contributed by atoms with Gasteiger partial charge in [0.1, 0.15) is 0 Å². The van der Waals surface area contributed by atoms with Gasteiger partial charge in [-0.1, -0.05) is 31.9 Å². The number of hydrogen-bond donors (Lipinski definition) is 0. The van der Waals surface area contributed by atoms with Crippen LogP contribution >= 0.6 is 0 Å². The van der Waals surface area contributed by atoms with Crippen molar-refractivity contribution in [2.75, 3.05) is 0 Å². The molecule has 0 bridgehead atoms. The number of para-hydroxylation sites is 2. The Hall–Kier alpha value is -1.31. The van der Waals surface area contributed by atoms with Crippen LogP contribution < -0.4 is 0 Å². The van der Waals surface area contributed by atoms with E-state index in [1.54, 1.807) is 0 Å². The highest BCUT2D eigenvalue weighted by atomic mass is 15.0. The lowest BCUT2D eigenvalue weighted by atomic mass is 10.2. The number of fused-ring (bicyclic) bond motifs is 1. The van der Waals surface area contributed by atoms with Crippen LogP contribution in [0.2, 0.25) is 0 Å². The first-order valence-corrected chi connectivity index (χ1v) is 5.31. The van der Waals surface area contributed by atoms with Crippen molar-refractivity contribution < 1.29 is 0 Å². The van der Waals surface area contributed by atoms with Crippen LogP contribution in [-0.4, -0.2) is 9.55 Å². The molecule has 1 heterocycles. The lowest BCUT2D eigenvalue weighted by Crippen LogP contribution is -1.95. The van der Waals surface area contributed by atoms with Gasteiger partial charge in [0.05, 0.1) is 17.4 Å². The summed E-state index contributed by atoms with van der Waals surface area (Å²) >= 11 is 0. The summed E-state index contributed by atoms with van der Waals surface area (Å²) in [6, 6.07) is 8.30. The molecule has 1 aromatic carbocycles. The van der Waals surface area contributed by atoms with E-state index in [-0.39, 0.29) is 0 Å². The molecule has 0 radical (unpaired) electrons. The first-order valence-electron chi connectivity index (χ1n) is 5.31. The zero-order valence-corrected chi connectivity index (χ0v) is 8.61. The Balaban J connectivity index is 2.17. The zero-order valence-electron chi connectivity index (χ0n) is 8.61. The molecule has 0 saturated heterocycles. The number of aromatic nitrogens is 2. The van der Waals surface area contributed by atoms with Gasteiger partial charge in [-0.3, -0.25) is 0 Å². The van der Waals surface area contributed by atoms with E-state index in [2.05, 4.69) is 34.7 Å². The van der Waals surface area contributed by atoms with E-state index in [9.17, 15) is 0 Å². The fourth-order valence-electron chi connectivity index (χ4n) is 1.72.